The van der Waals surface area contributed by atoms with Crippen LogP contribution in [0.25, 0.3) is 0 Å². The Morgan fingerprint density at radius 1 is 1.86 bits per heavy atom. The molecule has 2 N–H and O–H groups in total. The number of rotatable bonds is 2. The SMILES string of the molecule is C=CN(C)N=CN. The summed E-state index contributed by atoms with van der Waals surface area (Å²) in [4.78, 5) is 0. The molecule has 40 valence electrons. The van der Waals surface area contributed by atoms with Gasteiger partial charge in [-0.1, -0.05) is 6.58 Å². The van der Waals surface area contributed by atoms with Crippen LogP contribution in [-0.2, 0) is 0 Å². The zero-order valence-electron chi connectivity index (χ0n) is 4.33. The molecule has 0 heterocycles. The van der Waals surface area contributed by atoms with Gasteiger partial charge in [0.05, 0.1) is 0 Å². The van der Waals surface area contributed by atoms with E-state index in [1.807, 2.05) is 0 Å². The fourth-order valence-corrected chi connectivity index (χ4v) is 0.152. The topological polar surface area (TPSA) is 41.6 Å². The van der Waals surface area contributed by atoms with Crippen molar-refractivity contribution in [1.82, 2.24) is 5.01 Å². The van der Waals surface area contributed by atoms with Crippen LogP contribution >= 0.6 is 0 Å². The third-order valence-corrected chi connectivity index (χ3v) is 0.513. The molecule has 0 aromatic carbocycles. The molecule has 0 saturated carbocycles. The third-order valence-electron chi connectivity index (χ3n) is 0.513. The molecule has 0 aromatic heterocycles. The predicted octanol–water partition coefficient (Wildman–Crippen LogP) is -0.0363. The van der Waals surface area contributed by atoms with Crippen LogP contribution in [-0.4, -0.2) is 18.4 Å². The average molecular weight is 99.1 g/mol. The second-order valence-electron chi connectivity index (χ2n) is 1.02. The minimum Gasteiger partial charge on any atom is -0.388 e. The van der Waals surface area contributed by atoms with Crippen molar-refractivity contribution in [1.29, 1.82) is 0 Å². The Morgan fingerprint density at radius 3 is 2.57 bits per heavy atom. The number of nitrogens with two attached hydrogens (primary N) is 1. The molecule has 0 fully saturated rings. The van der Waals surface area contributed by atoms with E-state index in [-0.39, 0.29) is 0 Å². The molecule has 0 unspecified atom stereocenters. The Hall–Kier alpha value is -0.990. The normalized spacial score (nSPS) is 9.29. The average Bonchev–Trinajstić information content (AvgIpc) is 1.68. The zero-order chi connectivity index (χ0) is 5.70. The van der Waals surface area contributed by atoms with Crippen molar-refractivity contribution in [3.05, 3.63) is 12.8 Å². The summed E-state index contributed by atoms with van der Waals surface area (Å²) in [5.74, 6) is 0. The molecule has 0 amide bonds. The molecule has 0 rings (SSSR count). The molecule has 7 heavy (non-hydrogen) atoms. The second-order valence-corrected chi connectivity index (χ2v) is 1.02. The van der Waals surface area contributed by atoms with Crippen molar-refractivity contribution in [2.24, 2.45) is 10.8 Å². The van der Waals surface area contributed by atoms with Gasteiger partial charge in [0.1, 0.15) is 6.34 Å². The first-order chi connectivity index (χ1) is 3.31. The van der Waals surface area contributed by atoms with Crippen molar-refractivity contribution in [2.75, 3.05) is 7.05 Å². The first kappa shape index (κ1) is 6.01. The predicted molar refractivity (Wildman–Crippen MR) is 30.6 cm³/mol. The van der Waals surface area contributed by atoms with Crippen LogP contribution in [0.2, 0.25) is 0 Å². The molecule has 0 aliphatic heterocycles. The van der Waals surface area contributed by atoms with Crippen LogP contribution in [0.1, 0.15) is 0 Å². The van der Waals surface area contributed by atoms with Gasteiger partial charge < -0.3 is 5.73 Å². The Morgan fingerprint density at radius 2 is 2.43 bits per heavy atom. The maximum atomic E-state index is 4.92. The number of hydrazone groups is 1. The molecular formula is C4H9N3. The summed E-state index contributed by atoms with van der Waals surface area (Å²) in [5, 5.41) is 5.12. The van der Waals surface area contributed by atoms with Gasteiger partial charge in [-0.15, -0.1) is 0 Å². The van der Waals surface area contributed by atoms with Gasteiger partial charge >= 0.3 is 0 Å². The summed E-state index contributed by atoms with van der Waals surface area (Å²) >= 11 is 0. The van der Waals surface area contributed by atoms with E-state index in [0.29, 0.717) is 0 Å². The van der Waals surface area contributed by atoms with E-state index in [2.05, 4.69) is 11.7 Å². The highest BCUT2D eigenvalue weighted by Gasteiger charge is 1.72. The monoisotopic (exact) mass is 99.1 g/mol. The molecule has 3 nitrogen and oxygen atoms in total. The van der Waals surface area contributed by atoms with Crippen LogP contribution < -0.4 is 5.73 Å². The second kappa shape index (κ2) is 3.21. The summed E-state index contributed by atoms with van der Waals surface area (Å²) in [5.41, 5.74) is 4.92. The lowest BCUT2D eigenvalue weighted by Gasteiger charge is -2.00. The molecule has 0 atom stereocenters. The van der Waals surface area contributed by atoms with Crippen LogP contribution in [0.15, 0.2) is 17.9 Å². The standard InChI is InChI=1S/C4H9N3/c1-3-7(2)6-4-5/h3-4H,1H2,2H3,(H2,5,6). The lowest BCUT2D eigenvalue weighted by Crippen LogP contribution is -2.03. The van der Waals surface area contributed by atoms with E-state index in [9.17, 15) is 0 Å². The lowest BCUT2D eigenvalue weighted by atomic mass is 11.0. The largest absolute Gasteiger partial charge is 0.388 e. The molecule has 0 aromatic rings. The molecule has 0 spiro atoms. The summed E-state index contributed by atoms with van der Waals surface area (Å²) in [6, 6.07) is 0. The zero-order valence-corrected chi connectivity index (χ0v) is 4.33. The molecular weight excluding hydrogens is 90.1 g/mol. The Bertz CT molecular complexity index is 77.0. The maximum Gasteiger partial charge on any atom is 0.106 e. The van der Waals surface area contributed by atoms with Gasteiger partial charge in [-0.05, 0) is 0 Å². The molecule has 3 heteroatoms. The van der Waals surface area contributed by atoms with Gasteiger partial charge in [0, 0.05) is 13.2 Å². The highest BCUT2D eigenvalue weighted by Crippen LogP contribution is 1.76. The lowest BCUT2D eigenvalue weighted by molar-refractivity contribution is 0.494. The van der Waals surface area contributed by atoms with Gasteiger partial charge in [-0.25, -0.2) is 0 Å². The van der Waals surface area contributed by atoms with E-state index < -0.39 is 0 Å². The van der Waals surface area contributed by atoms with E-state index in [1.165, 1.54) is 11.3 Å². The van der Waals surface area contributed by atoms with E-state index in [4.69, 9.17) is 5.73 Å². The Labute approximate surface area is 43.1 Å². The van der Waals surface area contributed by atoms with Gasteiger partial charge in [-0.2, -0.15) is 5.10 Å². The van der Waals surface area contributed by atoms with Gasteiger partial charge in [0.25, 0.3) is 0 Å². The van der Waals surface area contributed by atoms with Crippen molar-refractivity contribution in [2.45, 2.75) is 0 Å². The number of hydrogen-bond acceptors (Lipinski definition) is 2. The fraction of sp³-hybridized carbons (Fsp3) is 0.250. The van der Waals surface area contributed by atoms with Gasteiger partial charge in [0.15, 0.2) is 0 Å². The van der Waals surface area contributed by atoms with Crippen molar-refractivity contribution in [3.8, 4) is 0 Å². The maximum absolute atomic E-state index is 4.92. The quantitative estimate of drug-likeness (QED) is 0.300. The van der Waals surface area contributed by atoms with E-state index in [0.717, 1.165) is 0 Å². The smallest absolute Gasteiger partial charge is 0.106 e. The van der Waals surface area contributed by atoms with Crippen molar-refractivity contribution < 1.29 is 0 Å². The molecule has 0 radical (unpaired) electrons. The summed E-state index contributed by atoms with van der Waals surface area (Å²) in [6.07, 6.45) is 2.77. The van der Waals surface area contributed by atoms with E-state index >= 15 is 0 Å². The molecule has 0 saturated heterocycles. The van der Waals surface area contributed by atoms with Crippen LogP contribution in [0.3, 0.4) is 0 Å². The molecule has 0 aliphatic carbocycles. The first-order valence-corrected chi connectivity index (χ1v) is 1.91. The summed E-state index contributed by atoms with van der Waals surface area (Å²) < 4.78 is 0. The van der Waals surface area contributed by atoms with Crippen LogP contribution in [0.4, 0.5) is 0 Å². The molecule has 0 bridgehead atoms. The fourth-order valence-electron chi connectivity index (χ4n) is 0.152. The first-order valence-electron chi connectivity index (χ1n) is 1.91. The number of nitrogens with zero attached hydrogens (tertiary/aromatic N) is 2. The number of hydrogen-bond donors (Lipinski definition) is 1. The highest BCUT2D eigenvalue weighted by molar-refractivity contribution is 5.50. The van der Waals surface area contributed by atoms with E-state index in [1.54, 1.807) is 13.2 Å². The summed E-state index contributed by atoms with van der Waals surface area (Å²) in [7, 11) is 1.75. The van der Waals surface area contributed by atoms with Crippen molar-refractivity contribution in [3.63, 3.8) is 0 Å². The van der Waals surface area contributed by atoms with Gasteiger partial charge in [-0.3, -0.25) is 5.01 Å². The van der Waals surface area contributed by atoms with Crippen molar-refractivity contribution >= 4 is 6.34 Å². The van der Waals surface area contributed by atoms with Crippen LogP contribution in [0, 0.1) is 0 Å². The minimum atomic E-state index is 1.21. The highest BCUT2D eigenvalue weighted by atomic mass is 15.4. The Kier molecular flexibility index (Phi) is 2.76. The molecule has 0 aliphatic rings. The summed E-state index contributed by atoms with van der Waals surface area (Å²) in [6.45, 7) is 3.44. The third kappa shape index (κ3) is 2.82. The minimum absolute atomic E-state index is 1.21. The van der Waals surface area contributed by atoms with Crippen LogP contribution in [0.5, 0.6) is 0 Å². The van der Waals surface area contributed by atoms with Gasteiger partial charge in [0.2, 0.25) is 0 Å². The Balaban J connectivity index is 3.35.